The Labute approximate surface area is 145 Å². The number of nitrogens with zero attached hydrogens (tertiary/aromatic N) is 1. The summed E-state index contributed by atoms with van der Waals surface area (Å²) in [6.45, 7) is 0. The normalized spacial score (nSPS) is 10.4. The number of nitrogens with one attached hydrogen (secondary N) is 2. The summed E-state index contributed by atoms with van der Waals surface area (Å²) in [5.41, 5.74) is 5.44. The largest absolute Gasteiger partial charge is 0.507 e. The number of para-hydroxylation sites is 1. The number of amides is 2. The fourth-order valence-corrected chi connectivity index (χ4v) is 2.48. The van der Waals surface area contributed by atoms with Gasteiger partial charge in [-0.1, -0.05) is 40.2 Å². The number of pyridine rings is 1. The van der Waals surface area contributed by atoms with Gasteiger partial charge in [0.2, 0.25) is 0 Å². The van der Waals surface area contributed by atoms with Crippen molar-refractivity contribution in [2.45, 2.75) is 0 Å². The summed E-state index contributed by atoms with van der Waals surface area (Å²) in [5, 5.41) is 10.7. The summed E-state index contributed by atoms with van der Waals surface area (Å²) in [6.07, 6.45) is 0. The van der Waals surface area contributed by atoms with Crippen LogP contribution >= 0.6 is 15.9 Å². The number of aromatic hydroxyl groups is 1. The number of aromatic nitrogens is 1. The summed E-state index contributed by atoms with van der Waals surface area (Å²) in [7, 11) is 0. The van der Waals surface area contributed by atoms with Crippen molar-refractivity contribution in [1.29, 1.82) is 0 Å². The molecule has 3 rings (SSSR count). The number of phenolic OH excluding ortho intramolecular Hbond substituents is 1. The minimum atomic E-state index is -0.630. The molecule has 0 atom stereocenters. The number of hydrogen-bond donors (Lipinski definition) is 3. The predicted molar refractivity (Wildman–Crippen MR) is 92.5 cm³/mol. The number of halogens is 1. The van der Waals surface area contributed by atoms with Crippen molar-refractivity contribution in [1.82, 2.24) is 15.8 Å². The zero-order chi connectivity index (χ0) is 17.1. The molecule has 0 bridgehead atoms. The van der Waals surface area contributed by atoms with Crippen LogP contribution in [-0.2, 0) is 0 Å². The molecule has 2 amide bonds. The molecule has 3 aromatic rings. The van der Waals surface area contributed by atoms with E-state index in [2.05, 4.69) is 31.8 Å². The Kier molecular flexibility index (Phi) is 4.43. The lowest BCUT2D eigenvalue weighted by Gasteiger charge is -2.09. The molecule has 0 unspecified atom stereocenters. The molecule has 0 saturated heterocycles. The highest BCUT2D eigenvalue weighted by Gasteiger charge is 2.13. The number of benzene rings is 2. The van der Waals surface area contributed by atoms with E-state index in [-0.39, 0.29) is 17.0 Å². The minimum absolute atomic E-state index is 0.0463. The summed E-state index contributed by atoms with van der Waals surface area (Å²) >= 11 is 3.19. The lowest BCUT2D eigenvalue weighted by Crippen LogP contribution is -2.41. The number of fused-ring (bicyclic) bond motifs is 1. The molecular weight excluding hydrogens is 374 g/mol. The molecule has 0 aliphatic carbocycles. The van der Waals surface area contributed by atoms with Gasteiger partial charge in [-0.05, 0) is 30.3 Å². The summed E-state index contributed by atoms with van der Waals surface area (Å²) in [5.74, 6) is -1.38. The Balaban J connectivity index is 1.71. The third-order valence-corrected chi connectivity index (χ3v) is 3.82. The number of carbonyl (C=O) groups is 2. The lowest BCUT2D eigenvalue weighted by atomic mass is 10.2. The first-order valence-corrected chi connectivity index (χ1v) is 7.79. The van der Waals surface area contributed by atoms with Gasteiger partial charge < -0.3 is 5.11 Å². The van der Waals surface area contributed by atoms with Crippen LogP contribution in [0.25, 0.3) is 10.9 Å². The predicted octanol–water partition coefficient (Wildman–Crippen LogP) is 2.78. The number of rotatable bonds is 2. The van der Waals surface area contributed by atoms with Crippen molar-refractivity contribution in [2.24, 2.45) is 0 Å². The average Bonchev–Trinajstić information content (AvgIpc) is 2.59. The van der Waals surface area contributed by atoms with E-state index in [1.807, 2.05) is 18.2 Å². The zero-order valence-corrected chi connectivity index (χ0v) is 13.9. The molecule has 2 aromatic carbocycles. The van der Waals surface area contributed by atoms with Crippen molar-refractivity contribution in [3.63, 3.8) is 0 Å². The van der Waals surface area contributed by atoms with E-state index in [4.69, 9.17) is 0 Å². The first-order chi connectivity index (χ1) is 11.5. The lowest BCUT2D eigenvalue weighted by molar-refractivity contribution is 0.0842. The maximum Gasteiger partial charge on any atom is 0.288 e. The monoisotopic (exact) mass is 385 g/mol. The van der Waals surface area contributed by atoms with Crippen molar-refractivity contribution in [3.8, 4) is 5.75 Å². The molecule has 3 N–H and O–H groups in total. The molecule has 0 aliphatic heterocycles. The Morgan fingerprint density at radius 1 is 0.958 bits per heavy atom. The smallest absolute Gasteiger partial charge is 0.288 e. The summed E-state index contributed by atoms with van der Waals surface area (Å²) in [4.78, 5) is 28.3. The van der Waals surface area contributed by atoms with Gasteiger partial charge in [-0.2, -0.15) is 0 Å². The molecule has 0 spiro atoms. The average molecular weight is 386 g/mol. The first kappa shape index (κ1) is 15.9. The topological polar surface area (TPSA) is 91.3 Å². The van der Waals surface area contributed by atoms with Gasteiger partial charge >= 0.3 is 0 Å². The molecule has 0 fully saturated rings. The SMILES string of the molecule is O=C(NNC(=O)c1ccc(Br)cc1O)c1ccc2ccccc2n1. The highest BCUT2D eigenvalue weighted by Crippen LogP contribution is 2.21. The van der Waals surface area contributed by atoms with Crippen LogP contribution < -0.4 is 10.9 Å². The van der Waals surface area contributed by atoms with Gasteiger partial charge in [0.1, 0.15) is 11.4 Å². The molecule has 120 valence electrons. The third-order valence-electron chi connectivity index (χ3n) is 3.33. The van der Waals surface area contributed by atoms with E-state index in [1.54, 1.807) is 24.3 Å². The van der Waals surface area contributed by atoms with Crippen LogP contribution in [0.2, 0.25) is 0 Å². The third kappa shape index (κ3) is 3.36. The Bertz CT molecular complexity index is 943. The molecule has 0 aliphatic rings. The van der Waals surface area contributed by atoms with Crippen LogP contribution in [0.5, 0.6) is 5.75 Å². The number of phenols is 1. The molecule has 1 heterocycles. The number of carbonyl (C=O) groups excluding carboxylic acids is 2. The van der Waals surface area contributed by atoms with Crippen molar-refractivity contribution in [3.05, 3.63) is 70.3 Å². The van der Waals surface area contributed by atoms with Gasteiger partial charge in [-0.3, -0.25) is 20.4 Å². The Morgan fingerprint density at radius 3 is 2.50 bits per heavy atom. The van der Waals surface area contributed by atoms with Crippen LogP contribution in [-0.4, -0.2) is 21.9 Å². The molecule has 6 nitrogen and oxygen atoms in total. The second kappa shape index (κ2) is 6.67. The van der Waals surface area contributed by atoms with Crippen LogP contribution in [0, 0.1) is 0 Å². The fraction of sp³-hybridized carbons (Fsp3) is 0. The van der Waals surface area contributed by atoms with Crippen LogP contribution in [0.3, 0.4) is 0 Å². The Hall–Kier alpha value is -2.93. The van der Waals surface area contributed by atoms with Gasteiger partial charge in [0.05, 0.1) is 11.1 Å². The zero-order valence-electron chi connectivity index (χ0n) is 12.3. The second-order valence-corrected chi connectivity index (χ2v) is 5.87. The van der Waals surface area contributed by atoms with Gasteiger partial charge in [0.15, 0.2) is 0 Å². The van der Waals surface area contributed by atoms with E-state index >= 15 is 0 Å². The van der Waals surface area contributed by atoms with Crippen molar-refractivity contribution >= 4 is 38.6 Å². The molecule has 7 heteroatoms. The standard InChI is InChI=1S/C17H12BrN3O3/c18-11-6-7-12(15(22)9-11)16(23)20-21-17(24)14-8-5-10-3-1-2-4-13(10)19-14/h1-9,22H,(H,20,23)(H,21,24). The molecular formula is C17H12BrN3O3. The molecule has 0 radical (unpaired) electrons. The van der Waals surface area contributed by atoms with Crippen LogP contribution in [0.4, 0.5) is 0 Å². The second-order valence-electron chi connectivity index (χ2n) is 4.96. The fourth-order valence-electron chi connectivity index (χ4n) is 2.13. The van der Waals surface area contributed by atoms with Crippen LogP contribution in [0.1, 0.15) is 20.8 Å². The number of hydrogen-bond acceptors (Lipinski definition) is 4. The molecule has 0 saturated carbocycles. The molecule has 24 heavy (non-hydrogen) atoms. The van der Waals surface area contributed by atoms with E-state index < -0.39 is 11.8 Å². The maximum absolute atomic E-state index is 12.1. The summed E-state index contributed by atoms with van der Waals surface area (Å²) in [6, 6.07) is 15.2. The van der Waals surface area contributed by atoms with Gasteiger partial charge in [-0.25, -0.2) is 4.98 Å². The number of hydrazine groups is 1. The van der Waals surface area contributed by atoms with Gasteiger partial charge in [-0.15, -0.1) is 0 Å². The van der Waals surface area contributed by atoms with E-state index in [0.29, 0.717) is 9.99 Å². The Morgan fingerprint density at radius 2 is 1.71 bits per heavy atom. The van der Waals surface area contributed by atoms with Crippen LogP contribution in [0.15, 0.2) is 59.1 Å². The highest BCUT2D eigenvalue weighted by atomic mass is 79.9. The summed E-state index contributed by atoms with van der Waals surface area (Å²) < 4.78 is 0.640. The van der Waals surface area contributed by atoms with Crippen molar-refractivity contribution < 1.29 is 14.7 Å². The highest BCUT2D eigenvalue weighted by molar-refractivity contribution is 9.10. The van der Waals surface area contributed by atoms with Gasteiger partial charge in [0.25, 0.3) is 11.8 Å². The maximum atomic E-state index is 12.1. The molecule has 1 aromatic heterocycles. The quantitative estimate of drug-likeness (QED) is 0.591. The van der Waals surface area contributed by atoms with Crippen molar-refractivity contribution in [2.75, 3.05) is 0 Å². The van der Waals surface area contributed by atoms with E-state index in [0.717, 1.165) is 5.39 Å². The van der Waals surface area contributed by atoms with E-state index in [9.17, 15) is 14.7 Å². The van der Waals surface area contributed by atoms with E-state index in [1.165, 1.54) is 12.1 Å². The minimum Gasteiger partial charge on any atom is -0.507 e. The van der Waals surface area contributed by atoms with Gasteiger partial charge in [0, 0.05) is 9.86 Å². The first-order valence-electron chi connectivity index (χ1n) is 6.99.